The molecule has 5 nitrogen and oxygen atoms in total. The summed E-state index contributed by atoms with van der Waals surface area (Å²) in [7, 11) is 0. The molecular weight excluding hydrogens is 256 g/mol. The molecule has 0 radical (unpaired) electrons. The smallest absolute Gasteiger partial charge is 0.249 e. The third kappa shape index (κ3) is 2.82. The van der Waals surface area contributed by atoms with Gasteiger partial charge >= 0.3 is 0 Å². The van der Waals surface area contributed by atoms with Crippen molar-refractivity contribution in [2.24, 2.45) is 5.92 Å². The van der Waals surface area contributed by atoms with Crippen molar-refractivity contribution in [3.05, 3.63) is 0 Å². The molecule has 1 aliphatic heterocycles. The summed E-state index contributed by atoms with van der Waals surface area (Å²) in [6.07, 6.45) is 3.57. The average molecular weight is 282 g/mol. The third-order valence-electron chi connectivity index (χ3n) is 4.48. The van der Waals surface area contributed by atoms with E-state index in [1.54, 1.807) is 4.90 Å². The van der Waals surface area contributed by atoms with E-state index >= 15 is 0 Å². The molecule has 0 aromatic carbocycles. The van der Waals surface area contributed by atoms with Gasteiger partial charge in [0.2, 0.25) is 11.8 Å². The van der Waals surface area contributed by atoms with Crippen LogP contribution in [0, 0.1) is 5.92 Å². The molecule has 1 saturated carbocycles. The molecule has 1 unspecified atom stereocenters. The highest BCUT2D eigenvalue weighted by molar-refractivity contribution is 5.98. The van der Waals surface area contributed by atoms with Crippen molar-refractivity contribution in [2.75, 3.05) is 19.8 Å². The number of carbonyl (C=O) groups excluding carboxylic acids is 2. The highest BCUT2D eigenvalue weighted by atomic mass is 16.5. The highest BCUT2D eigenvalue weighted by Crippen LogP contribution is 2.34. The van der Waals surface area contributed by atoms with E-state index in [0.29, 0.717) is 13.2 Å². The summed E-state index contributed by atoms with van der Waals surface area (Å²) in [5.41, 5.74) is -0.630. The summed E-state index contributed by atoms with van der Waals surface area (Å²) in [5, 5.41) is 2.95. The van der Waals surface area contributed by atoms with Gasteiger partial charge in [-0.3, -0.25) is 9.59 Å². The topological polar surface area (TPSA) is 58.6 Å². The predicted molar refractivity (Wildman–Crippen MR) is 76.2 cm³/mol. The maximum absolute atomic E-state index is 12.9. The van der Waals surface area contributed by atoms with Crippen LogP contribution in [0.25, 0.3) is 0 Å². The van der Waals surface area contributed by atoms with Gasteiger partial charge in [0.05, 0.1) is 12.6 Å². The second-order valence-corrected chi connectivity index (χ2v) is 6.24. The van der Waals surface area contributed by atoms with Crippen LogP contribution in [-0.4, -0.2) is 48.1 Å². The van der Waals surface area contributed by atoms with E-state index in [1.165, 1.54) is 0 Å². The second kappa shape index (κ2) is 6.12. The Morgan fingerprint density at radius 2 is 1.95 bits per heavy atom. The van der Waals surface area contributed by atoms with Gasteiger partial charge in [0.1, 0.15) is 12.1 Å². The van der Waals surface area contributed by atoms with Gasteiger partial charge in [0.15, 0.2) is 0 Å². The van der Waals surface area contributed by atoms with Crippen LogP contribution in [0.3, 0.4) is 0 Å². The van der Waals surface area contributed by atoms with Crippen LogP contribution in [0.5, 0.6) is 0 Å². The van der Waals surface area contributed by atoms with Crippen LogP contribution in [0.4, 0.5) is 0 Å². The Kier molecular flexibility index (Phi) is 4.68. The van der Waals surface area contributed by atoms with E-state index in [0.717, 1.165) is 25.7 Å². The van der Waals surface area contributed by atoms with Gasteiger partial charge in [-0.25, -0.2) is 0 Å². The number of hydrogen-bond acceptors (Lipinski definition) is 3. The predicted octanol–water partition coefficient (Wildman–Crippen LogP) is 1.32. The molecular formula is C15H26N2O3. The van der Waals surface area contributed by atoms with Crippen molar-refractivity contribution in [3.8, 4) is 0 Å². The Bertz CT molecular complexity index is 375. The molecule has 1 heterocycles. The number of nitrogens with one attached hydrogen (secondary N) is 1. The number of piperazine rings is 1. The van der Waals surface area contributed by atoms with E-state index in [9.17, 15) is 9.59 Å². The lowest BCUT2D eigenvalue weighted by molar-refractivity contribution is -0.154. The Morgan fingerprint density at radius 3 is 2.50 bits per heavy atom. The van der Waals surface area contributed by atoms with E-state index in [4.69, 9.17) is 4.74 Å². The molecule has 114 valence electrons. The fourth-order valence-electron chi connectivity index (χ4n) is 3.33. The molecule has 0 bridgehead atoms. The first-order valence-electron chi connectivity index (χ1n) is 7.70. The minimum atomic E-state index is -0.630. The second-order valence-electron chi connectivity index (χ2n) is 6.24. The minimum Gasteiger partial charge on any atom is -0.380 e. The largest absolute Gasteiger partial charge is 0.380 e. The van der Waals surface area contributed by atoms with Crippen molar-refractivity contribution >= 4 is 11.8 Å². The molecule has 2 rings (SSSR count). The molecule has 2 aliphatic rings. The number of amides is 2. The van der Waals surface area contributed by atoms with E-state index in [2.05, 4.69) is 19.2 Å². The standard InChI is InChI=1S/C15H26N2O3/c1-4-20-10-12(11(2)3)17-9-13(18)16-15(14(17)19)7-5-6-8-15/h11-12H,4-10H2,1-3H3,(H,16,18). The molecule has 1 spiro atoms. The Balaban J connectivity index is 2.19. The Labute approximate surface area is 121 Å². The first kappa shape index (κ1) is 15.3. The van der Waals surface area contributed by atoms with E-state index < -0.39 is 5.54 Å². The summed E-state index contributed by atoms with van der Waals surface area (Å²) in [5.74, 6) is 0.330. The molecule has 0 aromatic heterocycles. The van der Waals surface area contributed by atoms with E-state index in [-0.39, 0.29) is 30.3 Å². The number of nitrogens with zero attached hydrogens (tertiary/aromatic N) is 1. The number of carbonyl (C=O) groups is 2. The van der Waals surface area contributed by atoms with Crippen LogP contribution in [0.1, 0.15) is 46.5 Å². The first-order valence-corrected chi connectivity index (χ1v) is 7.70. The maximum Gasteiger partial charge on any atom is 0.249 e. The van der Waals surface area contributed by atoms with Gasteiger partial charge in [-0.15, -0.1) is 0 Å². The lowest BCUT2D eigenvalue weighted by Crippen LogP contribution is -2.68. The molecule has 5 heteroatoms. The van der Waals surface area contributed by atoms with Crippen LogP contribution >= 0.6 is 0 Å². The van der Waals surface area contributed by atoms with Crippen molar-refractivity contribution in [1.82, 2.24) is 10.2 Å². The summed E-state index contributed by atoms with van der Waals surface area (Å²) < 4.78 is 5.52. The van der Waals surface area contributed by atoms with Crippen molar-refractivity contribution < 1.29 is 14.3 Å². The molecule has 2 amide bonds. The zero-order chi connectivity index (χ0) is 14.8. The quantitative estimate of drug-likeness (QED) is 0.827. The fraction of sp³-hybridized carbons (Fsp3) is 0.867. The highest BCUT2D eigenvalue weighted by Gasteiger charge is 2.50. The van der Waals surface area contributed by atoms with Gasteiger partial charge in [0, 0.05) is 6.61 Å². The lowest BCUT2D eigenvalue weighted by atomic mass is 9.90. The van der Waals surface area contributed by atoms with E-state index in [1.807, 2.05) is 6.92 Å². The monoisotopic (exact) mass is 282 g/mol. The SMILES string of the molecule is CCOCC(C(C)C)N1CC(=O)NC2(CCCC2)C1=O. The summed E-state index contributed by atoms with van der Waals surface area (Å²) in [4.78, 5) is 26.6. The molecule has 20 heavy (non-hydrogen) atoms. The molecule has 2 fully saturated rings. The summed E-state index contributed by atoms with van der Waals surface area (Å²) in [6, 6.07) is -0.0222. The van der Waals surface area contributed by atoms with Crippen LogP contribution in [0.2, 0.25) is 0 Å². The lowest BCUT2D eigenvalue weighted by Gasteiger charge is -2.44. The summed E-state index contributed by atoms with van der Waals surface area (Å²) >= 11 is 0. The summed E-state index contributed by atoms with van der Waals surface area (Å²) in [6.45, 7) is 7.39. The van der Waals surface area contributed by atoms with Crippen molar-refractivity contribution in [2.45, 2.75) is 58.0 Å². The van der Waals surface area contributed by atoms with Crippen LogP contribution in [0.15, 0.2) is 0 Å². The van der Waals surface area contributed by atoms with Gasteiger partial charge in [0.25, 0.3) is 0 Å². The van der Waals surface area contributed by atoms with Gasteiger partial charge < -0.3 is 15.0 Å². The van der Waals surface area contributed by atoms with Gasteiger partial charge in [-0.1, -0.05) is 26.7 Å². The zero-order valence-electron chi connectivity index (χ0n) is 12.8. The Morgan fingerprint density at radius 1 is 1.30 bits per heavy atom. The van der Waals surface area contributed by atoms with Crippen molar-refractivity contribution in [1.29, 1.82) is 0 Å². The molecule has 1 aliphatic carbocycles. The Hall–Kier alpha value is -1.10. The fourth-order valence-corrected chi connectivity index (χ4v) is 3.33. The normalized spacial score (nSPS) is 23.5. The number of rotatable bonds is 5. The maximum atomic E-state index is 12.9. The van der Waals surface area contributed by atoms with Crippen molar-refractivity contribution in [3.63, 3.8) is 0 Å². The molecule has 1 saturated heterocycles. The minimum absolute atomic E-state index is 0.0222. The number of hydrogen-bond donors (Lipinski definition) is 1. The molecule has 1 N–H and O–H groups in total. The molecule has 1 atom stereocenters. The molecule has 0 aromatic rings. The van der Waals surface area contributed by atoms with Gasteiger partial charge in [-0.2, -0.15) is 0 Å². The zero-order valence-corrected chi connectivity index (χ0v) is 12.8. The average Bonchev–Trinajstić information content (AvgIpc) is 2.84. The van der Waals surface area contributed by atoms with Crippen LogP contribution < -0.4 is 5.32 Å². The van der Waals surface area contributed by atoms with Crippen LogP contribution in [-0.2, 0) is 14.3 Å². The van der Waals surface area contributed by atoms with Gasteiger partial charge in [-0.05, 0) is 25.7 Å². The number of ether oxygens (including phenoxy) is 1. The third-order valence-corrected chi connectivity index (χ3v) is 4.48. The first-order chi connectivity index (χ1) is 9.50.